The molecule has 0 fully saturated rings. The molecular formula is C20H17N3O3S. The Morgan fingerprint density at radius 3 is 2.15 bits per heavy atom. The van der Waals surface area contributed by atoms with Crippen LogP contribution >= 0.6 is 12.2 Å². The average molecular weight is 379 g/mol. The topological polar surface area (TPSA) is 82.6 Å². The van der Waals surface area contributed by atoms with Gasteiger partial charge in [-0.3, -0.25) is 15.6 Å². The number of aromatic hydroxyl groups is 1. The van der Waals surface area contributed by atoms with Crippen LogP contribution in [0.4, 0.5) is 5.69 Å². The predicted molar refractivity (Wildman–Crippen MR) is 108 cm³/mol. The fraction of sp³-hybridized carbons (Fsp3) is 0. The third-order valence-corrected chi connectivity index (χ3v) is 3.73. The first-order valence-electron chi connectivity index (χ1n) is 8.10. The fourth-order valence-corrected chi connectivity index (χ4v) is 2.41. The van der Waals surface area contributed by atoms with Crippen molar-refractivity contribution in [1.29, 1.82) is 0 Å². The Morgan fingerprint density at radius 1 is 0.815 bits per heavy atom. The molecule has 0 saturated heterocycles. The van der Waals surface area contributed by atoms with Crippen molar-refractivity contribution in [2.75, 3.05) is 5.32 Å². The van der Waals surface area contributed by atoms with Gasteiger partial charge in [0.15, 0.2) is 5.11 Å². The summed E-state index contributed by atoms with van der Waals surface area (Å²) in [6, 6.07) is 22.9. The van der Waals surface area contributed by atoms with Gasteiger partial charge in [-0.05, 0) is 60.7 Å². The van der Waals surface area contributed by atoms with Crippen molar-refractivity contribution in [2.45, 2.75) is 0 Å². The Balaban J connectivity index is 1.50. The summed E-state index contributed by atoms with van der Waals surface area (Å²) < 4.78 is 5.72. The summed E-state index contributed by atoms with van der Waals surface area (Å²) in [4.78, 5) is 12.0. The number of nitrogens with one attached hydrogen (secondary N) is 3. The van der Waals surface area contributed by atoms with Crippen LogP contribution in [0.3, 0.4) is 0 Å². The van der Waals surface area contributed by atoms with Gasteiger partial charge in [0.1, 0.15) is 17.2 Å². The monoisotopic (exact) mass is 379 g/mol. The van der Waals surface area contributed by atoms with E-state index in [-0.39, 0.29) is 16.4 Å². The van der Waals surface area contributed by atoms with Gasteiger partial charge in [-0.15, -0.1) is 0 Å². The first-order valence-corrected chi connectivity index (χ1v) is 8.51. The smallest absolute Gasteiger partial charge is 0.273 e. The number of carbonyl (C=O) groups is 1. The standard InChI is InChI=1S/C20H17N3O3S/c24-18-9-5-4-8-17(18)19(25)22-23-20(27)21-14-10-12-16(13-11-14)26-15-6-2-1-3-7-15/h1-13,24H,(H,22,25)(H2,21,23,27). The lowest BCUT2D eigenvalue weighted by molar-refractivity contribution is 0.0941. The molecule has 4 N–H and O–H groups in total. The van der Waals surface area contributed by atoms with Gasteiger partial charge in [-0.2, -0.15) is 0 Å². The van der Waals surface area contributed by atoms with Crippen molar-refractivity contribution in [3.63, 3.8) is 0 Å². The first-order chi connectivity index (χ1) is 13.1. The maximum atomic E-state index is 12.0. The maximum Gasteiger partial charge on any atom is 0.273 e. The van der Waals surface area contributed by atoms with Crippen LogP contribution in [0.5, 0.6) is 17.2 Å². The molecule has 0 radical (unpaired) electrons. The number of thiocarbonyl (C=S) groups is 1. The minimum atomic E-state index is -0.496. The van der Waals surface area contributed by atoms with E-state index in [9.17, 15) is 9.90 Å². The van der Waals surface area contributed by atoms with Crippen molar-refractivity contribution < 1.29 is 14.6 Å². The van der Waals surface area contributed by atoms with Crippen LogP contribution < -0.4 is 20.9 Å². The number of hydrogen-bond donors (Lipinski definition) is 4. The van der Waals surface area contributed by atoms with Crippen LogP contribution in [0.2, 0.25) is 0 Å². The second-order valence-electron chi connectivity index (χ2n) is 5.49. The first kappa shape index (κ1) is 18.2. The summed E-state index contributed by atoms with van der Waals surface area (Å²) in [5.41, 5.74) is 5.89. The van der Waals surface area contributed by atoms with E-state index < -0.39 is 5.91 Å². The van der Waals surface area contributed by atoms with Crippen molar-refractivity contribution in [2.24, 2.45) is 0 Å². The molecule has 6 nitrogen and oxygen atoms in total. The zero-order chi connectivity index (χ0) is 19.1. The number of anilines is 1. The van der Waals surface area contributed by atoms with Gasteiger partial charge in [-0.25, -0.2) is 0 Å². The van der Waals surface area contributed by atoms with E-state index in [0.29, 0.717) is 5.75 Å². The normalized spacial score (nSPS) is 9.93. The summed E-state index contributed by atoms with van der Waals surface area (Å²) in [6.45, 7) is 0. The summed E-state index contributed by atoms with van der Waals surface area (Å²) in [5.74, 6) is 0.842. The molecule has 3 aromatic rings. The SMILES string of the molecule is O=C(NNC(=S)Nc1ccc(Oc2ccccc2)cc1)c1ccccc1O. The molecule has 0 spiro atoms. The predicted octanol–water partition coefficient (Wildman–Crippen LogP) is 3.82. The summed E-state index contributed by atoms with van der Waals surface area (Å²) in [7, 11) is 0. The van der Waals surface area contributed by atoms with Gasteiger partial charge in [0.2, 0.25) is 0 Å². The molecule has 0 heterocycles. The number of amides is 1. The minimum absolute atomic E-state index is 0.107. The van der Waals surface area contributed by atoms with Gasteiger partial charge >= 0.3 is 0 Å². The third-order valence-electron chi connectivity index (χ3n) is 3.53. The van der Waals surface area contributed by atoms with Crippen LogP contribution in [0.15, 0.2) is 78.9 Å². The highest BCUT2D eigenvalue weighted by Crippen LogP contribution is 2.22. The second-order valence-corrected chi connectivity index (χ2v) is 5.90. The quantitative estimate of drug-likeness (QED) is 0.408. The van der Waals surface area contributed by atoms with Gasteiger partial charge in [0.25, 0.3) is 5.91 Å². The summed E-state index contributed by atoms with van der Waals surface area (Å²) >= 11 is 5.14. The van der Waals surface area contributed by atoms with E-state index in [1.807, 2.05) is 30.3 Å². The number of phenolic OH excluding ortho intramolecular Hbond substituents is 1. The maximum absolute atomic E-state index is 12.0. The van der Waals surface area contributed by atoms with Crippen molar-refractivity contribution in [3.8, 4) is 17.2 Å². The molecule has 0 bridgehead atoms. The number of hydrazine groups is 1. The largest absolute Gasteiger partial charge is 0.507 e. The lowest BCUT2D eigenvalue weighted by Gasteiger charge is -2.12. The highest BCUT2D eigenvalue weighted by molar-refractivity contribution is 7.80. The van der Waals surface area contributed by atoms with E-state index in [0.717, 1.165) is 11.4 Å². The molecule has 136 valence electrons. The van der Waals surface area contributed by atoms with Crippen molar-refractivity contribution >= 4 is 28.9 Å². The van der Waals surface area contributed by atoms with Crippen LogP contribution in [0.25, 0.3) is 0 Å². The van der Waals surface area contributed by atoms with E-state index in [2.05, 4.69) is 16.2 Å². The lowest BCUT2D eigenvalue weighted by atomic mass is 10.2. The van der Waals surface area contributed by atoms with Gasteiger partial charge in [-0.1, -0.05) is 30.3 Å². The van der Waals surface area contributed by atoms with Gasteiger partial charge in [0, 0.05) is 5.69 Å². The molecule has 0 unspecified atom stereocenters. The molecule has 0 aromatic heterocycles. The molecular weight excluding hydrogens is 362 g/mol. The molecule has 3 aromatic carbocycles. The van der Waals surface area contributed by atoms with Crippen LogP contribution in [0.1, 0.15) is 10.4 Å². The lowest BCUT2D eigenvalue weighted by Crippen LogP contribution is -2.43. The Hall–Kier alpha value is -3.58. The highest BCUT2D eigenvalue weighted by Gasteiger charge is 2.10. The number of carbonyl (C=O) groups excluding carboxylic acids is 1. The van der Waals surface area contributed by atoms with E-state index in [4.69, 9.17) is 17.0 Å². The number of ether oxygens (including phenoxy) is 1. The van der Waals surface area contributed by atoms with E-state index in [1.165, 1.54) is 12.1 Å². The number of rotatable bonds is 4. The Kier molecular flexibility index (Phi) is 5.86. The molecule has 0 saturated carbocycles. The minimum Gasteiger partial charge on any atom is -0.507 e. The molecule has 1 amide bonds. The van der Waals surface area contributed by atoms with Crippen molar-refractivity contribution in [1.82, 2.24) is 10.9 Å². The molecule has 27 heavy (non-hydrogen) atoms. The van der Waals surface area contributed by atoms with Crippen molar-refractivity contribution in [3.05, 3.63) is 84.4 Å². The van der Waals surface area contributed by atoms with Gasteiger partial charge < -0.3 is 15.2 Å². The van der Waals surface area contributed by atoms with Crippen LogP contribution in [-0.4, -0.2) is 16.1 Å². The Morgan fingerprint density at radius 2 is 1.44 bits per heavy atom. The summed E-state index contributed by atoms with van der Waals surface area (Å²) in [5, 5.41) is 12.8. The van der Waals surface area contributed by atoms with Crippen LogP contribution in [-0.2, 0) is 0 Å². The number of phenols is 1. The molecule has 0 aliphatic carbocycles. The Labute approximate surface area is 161 Å². The molecule has 0 atom stereocenters. The second kappa shape index (κ2) is 8.68. The zero-order valence-electron chi connectivity index (χ0n) is 14.2. The third kappa shape index (κ3) is 5.20. The number of hydrogen-bond acceptors (Lipinski definition) is 4. The van der Waals surface area contributed by atoms with Gasteiger partial charge in [0.05, 0.1) is 5.56 Å². The van der Waals surface area contributed by atoms with E-state index >= 15 is 0 Å². The highest BCUT2D eigenvalue weighted by atomic mass is 32.1. The number of para-hydroxylation sites is 2. The molecule has 0 aliphatic rings. The number of benzene rings is 3. The average Bonchev–Trinajstić information content (AvgIpc) is 2.69. The molecule has 3 rings (SSSR count). The van der Waals surface area contributed by atoms with E-state index in [1.54, 1.807) is 36.4 Å². The Bertz CT molecular complexity index is 931. The zero-order valence-corrected chi connectivity index (χ0v) is 15.0. The fourth-order valence-electron chi connectivity index (χ4n) is 2.24. The molecule has 0 aliphatic heterocycles. The van der Waals surface area contributed by atoms with Crippen LogP contribution in [0, 0.1) is 0 Å². The summed E-state index contributed by atoms with van der Waals surface area (Å²) in [6.07, 6.45) is 0. The molecule has 7 heteroatoms.